The van der Waals surface area contributed by atoms with Crippen molar-refractivity contribution in [2.75, 3.05) is 7.11 Å². The van der Waals surface area contributed by atoms with Gasteiger partial charge in [-0.15, -0.1) is 0 Å². The van der Waals surface area contributed by atoms with E-state index in [0.717, 1.165) is 5.39 Å². The number of nitrogens with one attached hydrogen (secondary N) is 1. The van der Waals surface area contributed by atoms with Crippen molar-refractivity contribution in [1.82, 2.24) is 5.32 Å². The van der Waals surface area contributed by atoms with Crippen LogP contribution in [0.2, 0.25) is 0 Å². The highest BCUT2D eigenvalue weighted by molar-refractivity contribution is 6.02. The van der Waals surface area contributed by atoms with Gasteiger partial charge in [-0.05, 0) is 32.9 Å². The lowest BCUT2D eigenvalue weighted by Crippen LogP contribution is -2.32. The van der Waals surface area contributed by atoms with E-state index in [0.29, 0.717) is 16.9 Å². The second kappa shape index (κ2) is 6.09. The summed E-state index contributed by atoms with van der Waals surface area (Å²) in [4.78, 5) is 23.3. The largest absolute Gasteiger partial charge is 0.465 e. The highest BCUT2D eigenvalue weighted by atomic mass is 16.6. The summed E-state index contributed by atoms with van der Waals surface area (Å²) in [6.45, 7) is 5.54. The Balaban J connectivity index is 2.13. The number of hydrogen-bond donors (Lipinski definition) is 1. The smallest absolute Gasteiger partial charge is 0.408 e. The van der Waals surface area contributed by atoms with Crippen molar-refractivity contribution >= 4 is 23.0 Å². The highest BCUT2D eigenvalue weighted by Gasteiger charge is 2.17. The maximum absolute atomic E-state index is 11.7. The number of esters is 1. The second-order valence-electron chi connectivity index (χ2n) is 5.78. The van der Waals surface area contributed by atoms with Gasteiger partial charge in [0.1, 0.15) is 22.5 Å². The molecule has 0 bridgehead atoms. The number of ether oxygens (including phenoxy) is 2. The van der Waals surface area contributed by atoms with Crippen molar-refractivity contribution in [1.29, 1.82) is 0 Å². The van der Waals surface area contributed by atoms with Gasteiger partial charge in [0.25, 0.3) is 0 Å². The number of para-hydroxylation sites is 1. The summed E-state index contributed by atoms with van der Waals surface area (Å²) in [6.07, 6.45) is -0.527. The third-order valence-corrected chi connectivity index (χ3v) is 2.81. The highest BCUT2D eigenvalue weighted by Crippen LogP contribution is 2.23. The maximum Gasteiger partial charge on any atom is 0.408 e. The minimum Gasteiger partial charge on any atom is -0.465 e. The van der Waals surface area contributed by atoms with Crippen LogP contribution in [-0.4, -0.2) is 24.8 Å². The summed E-state index contributed by atoms with van der Waals surface area (Å²) in [5, 5.41) is 3.38. The Bertz CT molecular complexity index is 696. The average Bonchev–Trinajstić information content (AvgIpc) is 2.85. The van der Waals surface area contributed by atoms with Crippen molar-refractivity contribution in [2.24, 2.45) is 0 Å². The lowest BCUT2D eigenvalue weighted by atomic mass is 10.1. The molecule has 0 radical (unpaired) electrons. The Morgan fingerprint density at radius 2 is 2.00 bits per heavy atom. The molecule has 0 fully saturated rings. The van der Waals surface area contributed by atoms with Crippen LogP contribution in [0.15, 0.2) is 28.7 Å². The number of amides is 1. The Labute approximate surface area is 128 Å². The van der Waals surface area contributed by atoms with Crippen LogP contribution < -0.4 is 5.32 Å². The van der Waals surface area contributed by atoms with Gasteiger partial charge in [-0.3, -0.25) is 0 Å². The average molecular weight is 305 g/mol. The van der Waals surface area contributed by atoms with Gasteiger partial charge in [-0.25, -0.2) is 9.59 Å². The Morgan fingerprint density at radius 3 is 2.64 bits per heavy atom. The van der Waals surface area contributed by atoms with E-state index in [1.165, 1.54) is 7.11 Å². The van der Waals surface area contributed by atoms with Gasteiger partial charge < -0.3 is 19.2 Å². The van der Waals surface area contributed by atoms with Crippen molar-refractivity contribution < 1.29 is 23.5 Å². The van der Waals surface area contributed by atoms with E-state index in [1.807, 2.05) is 6.07 Å². The number of rotatable bonds is 3. The molecule has 6 heteroatoms. The maximum atomic E-state index is 11.7. The standard InChI is InChI=1S/C16H19NO5/c1-16(2,3)22-15(19)17-9-11-8-10-6-5-7-12(13(10)21-11)14(18)20-4/h5-8H,9H2,1-4H3,(H,17,19). The van der Waals surface area contributed by atoms with Crippen molar-refractivity contribution in [3.8, 4) is 0 Å². The van der Waals surface area contributed by atoms with E-state index in [2.05, 4.69) is 5.32 Å². The molecule has 1 amide bonds. The third kappa shape index (κ3) is 3.78. The van der Waals surface area contributed by atoms with Crippen LogP contribution in [0.1, 0.15) is 36.9 Å². The van der Waals surface area contributed by atoms with Gasteiger partial charge in [-0.1, -0.05) is 12.1 Å². The van der Waals surface area contributed by atoms with Crippen molar-refractivity contribution in [2.45, 2.75) is 32.9 Å². The number of benzene rings is 1. The summed E-state index contributed by atoms with van der Waals surface area (Å²) in [5.74, 6) is 0.0591. The minimum atomic E-state index is -0.560. The number of hydrogen-bond acceptors (Lipinski definition) is 5. The summed E-state index contributed by atoms with van der Waals surface area (Å²) < 4.78 is 15.5. The fourth-order valence-electron chi connectivity index (χ4n) is 1.95. The van der Waals surface area contributed by atoms with Crippen LogP contribution in [0.5, 0.6) is 0 Å². The zero-order valence-corrected chi connectivity index (χ0v) is 13.1. The molecule has 1 aromatic heterocycles. The Hall–Kier alpha value is -2.50. The number of fused-ring (bicyclic) bond motifs is 1. The van der Waals surface area contributed by atoms with Gasteiger partial charge in [0.15, 0.2) is 0 Å². The predicted molar refractivity (Wildman–Crippen MR) is 80.6 cm³/mol. The minimum absolute atomic E-state index is 0.171. The Morgan fingerprint density at radius 1 is 1.27 bits per heavy atom. The lowest BCUT2D eigenvalue weighted by Gasteiger charge is -2.19. The first kappa shape index (κ1) is 15.9. The van der Waals surface area contributed by atoms with E-state index in [-0.39, 0.29) is 6.54 Å². The first-order valence-electron chi connectivity index (χ1n) is 6.87. The van der Waals surface area contributed by atoms with E-state index in [9.17, 15) is 9.59 Å². The number of methoxy groups -OCH3 is 1. The van der Waals surface area contributed by atoms with Crippen LogP contribution in [-0.2, 0) is 16.0 Å². The lowest BCUT2D eigenvalue weighted by molar-refractivity contribution is 0.0518. The number of carbonyl (C=O) groups excluding carboxylic acids is 2. The molecule has 0 spiro atoms. The topological polar surface area (TPSA) is 77.8 Å². The SMILES string of the molecule is COC(=O)c1cccc2cc(CNC(=O)OC(C)(C)C)oc12. The molecule has 2 aromatic rings. The number of furan rings is 1. The van der Waals surface area contributed by atoms with E-state index >= 15 is 0 Å². The number of carbonyl (C=O) groups is 2. The van der Waals surface area contributed by atoms with Crippen LogP contribution in [0.3, 0.4) is 0 Å². The van der Waals surface area contributed by atoms with Crippen LogP contribution in [0.25, 0.3) is 11.0 Å². The zero-order valence-electron chi connectivity index (χ0n) is 13.1. The molecule has 1 aromatic carbocycles. The third-order valence-electron chi connectivity index (χ3n) is 2.81. The van der Waals surface area contributed by atoms with E-state index < -0.39 is 17.7 Å². The molecule has 6 nitrogen and oxygen atoms in total. The summed E-state index contributed by atoms with van der Waals surface area (Å²) in [7, 11) is 1.31. The molecule has 2 rings (SSSR count). The van der Waals surface area contributed by atoms with Gasteiger partial charge in [-0.2, -0.15) is 0 Å². The fraction of sp³-hybridized carbons (Fsp3) is 0.375. The van der Waals surface area contributed by atoms with Crippen LogP contribution >= 0.6 is 0 Å². The zero-order chi connectivity index (χ0) is 16.3. The molecular weight excluding hydrogens is 286 g/mol. The molecular formula is C16H19NO5. The van der Waals surface area contributed by atoms with Gasteiger partial charge in [0, 0.05) is 5.39 Å². The molecule has 0 aliphatic carbocycles. The second-order valence-corrected chi connectivity index (χ2v) is 5.78. The molecule has 0 aliphatic heterocycles. The summed E-state index contributed by atoms with van der Waals surface area (Å²) >= 11 is 0. The first-order valence-corrected chi connectivity index (χ1v) is 6.87. The van der Waals surface area contributed by atoms with Crippen molar-refractivity contribution in [3.05, 3.63) is 35.6 Å². The van der Waals surface area contributed by atoms with E-state index in [4.69, 9.17) is 13.9 Å². The van der Waals surface area contributed by atoms with Crippen molar-refractivity contribution in [3.63, 3.8) is 0 Å². The molecule has 1 heterocycles. The Kier molecular flexibility index (Phi) is 4.40. The molecule has 118 valence electrons. The molecule has 0 saturated carbocycles. The fourth-order valence-corrected chi connectivity index (χ4v) is 1.95. The molecule has 1 N–H and O–H groups in total. The molecule has 0 saturated heterocycles. The summed E-state index contributed by atoms with van der Waals surface area (Å²) in [6, 6.07) is 6.96. The van der Waals surface area contributed by atoms with Crippen LogP contribution in [0.4, 0.5) is 4.79 Å². The van der Waals surface area contributed by atoms with Crippen LogP contribution in [0, 0.1) is 0 Å². The van der Waals surface area contributed by atoms with Gasteiger partial charge in [0.2, 0.25) is 0 Å². The normalized spacial score (nSPS) is 11.3. The molecule has 0 atom stereocenters. The molecule has 22 heavy (non-hydrogen) atoms. The van der Waals surface area contributed by atoms with Gasteiger partial charge >= 0.3 is 12.1 Å². The quantitative estimate of drug-likeness (QED) is 0.881. The molecule has 0 unspecified atom stereocenters. The first-order chi connectivity index (χ1) is 10.3. The monoisotopic (exact) mass is 305 g/mol. The molecule has 0 aliphatic rings. The summed E-state index contributed by atoms with van der Waals surface area (Å²) in [5.41, 5.74) is 0.231. The van der Waals surface area contributed by atoms with Gasteiger partial charge in [0.05, 0.1) is 13.7 Å². The van der Waals surface area contributed by atoms with E-state index in [1.54, 1.807) is 39.0 Å². The predicted octanol–water partition coefficient (Wildman–Crippen LogP) is 3.24. The number of alkyl carbamates (subject to hydrolysis) is 1.